The number of allylic oxidation sites excluding steroid dienone is 2. The Labute approximate surface area is 141 Å². The third-order valence-electron chi connectivity index (χ3n) is 5.42. The van der Waals surface area contributed by atoms with Crippen LogP contribution in [0.25, 0.3) is 0 Å². The monoisotopic (exact) mass is 333 g/mol. The minimum atomic E-state index is -0.468. The Bertz CT molecular complexity index is 658. The molecule has 2 nitrogen and oxygen atoms in total. The Hall–Kier alpha value is -0.970. The molecule has 0 amide bonds. The molecule has 1 saturated carbocycles. The number of nitrogens with zero attached hydrogens (tertiary/aromatic N) is 1. The van der Waals surface area contributed by atoms with Crippen LogP contribution < -0.4 is 0 Å². The van der Waals surface area contributed by atoms with E-state index in [9.17, 15) is 9.50 Å². The molecule has 0 bridgehead atoms. The number of fused-ring (bicyclic) bond motifs is 1. The van der Waals surface area contributed by atoms with Crippen molar-refractivity contribution < 1.29 is 9.50 Å². The topological polar surface area (TPSA) is 23.5 Å². The fourth-order valence-corrected chi connectivity index (χ4v) is 4.65. The summed E-state index contributed by atoms with van der Waals surface area (Å²) in [5.41, 5.74) is 3.03. The van der Waals surface area contributed by atoms with Crippen LogP contribution in [0.3, 0.4) is 0 Å². The quantitative estimate of drug-likeness (QED) is 0.898. The van der Waals surface area contributed by atoms with Gasteiger partial charge in [-0.25, -0.2) is 4.39 Å². The van der Waals surface area contributed by atoms with Crippen LogP contribution in [-0.2, 0) is 13.0 Å². The van der Waals surface area contributed by atoms with E-state index in [0.29, 0.717) is 18.9 Å². The fraction of sp³-hybridized carbons (Fsp3) is 0.579. The normalized spacial score (nSPS) is 26.9. The van der Waals surface area contributed by atoms with Gasteiger partial charge in [-0.05, 0) is 54.2 Å². The number of hydrogen-bond donors (Lipinski definition) is 1. The minimum absolute atomic E-state index is 0.00156. The molecular formula is C19H24FNOS. The zero-order chi connectivity index (χ0) is 16.0. The maximum absolute atomic E-state index is 14.8. The molecule has 2 atom stereocenters. The van der Waals surface area contributed by atoms with Gasteiger partial charge in [0.15, 0.2) is 0 Å². The summed E-state index contributed by atoms with van der Waals surface area (Å²) in [6.07, 6.45) is 5.54. The van der Waals surface area contributed by atoms with Crippen molar-refractivity contribution in [2.75, 3.05) is 13.1 Å². The third-order valence-corrected chi connectivity index (χ3v) is 6.44. The second-order valence-corrected chi connectivity index (χ2v) is 8.24. The molecule has 1 aliphatic heterocycles. The molecule has 1 aromatic heterocycles. The fourth-order valence-electron chi connectivity index (χ4n) is 3.76. The van der Waals surface area contributed by atoms with Gasteiger partial charge < -0.3 is 5.11 Å². The summed E-state index contributed by atoms with van der Waals surface area (Å²) in [5.74, 6) is 0.294. The maximum Gasteiger partial charge on any atom is 0.108 e. The van der Waals surface area contributed by atoms with Crippen molar-refractivity contribution in [3.63, 3.8) is 0 Å². The smallest absolute Gasteiger partial charge is 0.108 e. The van der Waals surface area contributed by atoms with Gasteiger partial charge in [0.05, 0.1) is 6.10 Å². The van der Waals surface area contributed by atoms with Gasteiger partial charge in [-0.1, -0.05) is 13.0 Å². The second-order valence-electron chi connectivity index (χ2n) is 7.23. The van der Waals surface area contributed by atoms with Crippen LogP contribution in [0.1, 0.15) is 36.6 Å². The largest absolute Gasteiger partial charge is 0.388 e. The first-order chi connectivity index (χ1) is 11.1. The summed E-state index contributed by atoms with van der Waals surface area (Å²) >= 11 is 1.83. The molecule has 2 aliphatic carbocycles. The molecule has 124 valence electrons. The first kappa shape index (κ1) is 15.6. The van der Waals surface area contributed by atoms with Gasteiger partial charge >= 0.3 is 0 Å². The van der Waals surface area contributed by atoms with E-state index in [0.717, 1.165) is 43.5 Å². The van der Waals surface area contributed by atoms with Gasteiger partial charge in [-0.15, -0.1) is 11.3 Å². The highest BCUT2D eigenvalue weighted by atomic mass is 32.1. The van der Waals surface area contributed by atoms with Crippen LogP contribution in [0.2, 0.25) is 0 Å². The van der Waals surface area contributed by atoms with Crippen molar-refractivity contribution in [3.05, 3.63) is 44.9 Å². The molecule has 23 heavy (non-hydrogen) atoms. The van der Waals surface area contributed by atoms with Crippen molar-refractivity contribution in [2.24, 2.45) is 11.8 Å². The number of aliphatic hydroxyl groups excluding tert-OH is 1. The van der Waals surface area contributed by atoms with Gasteiger partial charge in [-0.3, -0.25) is 4.90 Å². The van der Waals surface area contributed by atoms with Crippen LogP contribution in [0, 0.1) is 11.8 Å². The Morgan fingerprint density at radius 1 is 1.43 bits per heavy atom. The summed E-state index contributed by atoms with van der Waals surface area (Å²) in [6, 6.07) is 2.19. The number of rotatable bonds is 4. The number of aliphatic hydroxyl groups is 1. The van der Waals surface area contributed by atoms with E-state index >= 15 is 0 Å². The van der Waals surface area contributed by atoms with Gasteiger partial charge in [0.25, 0.3) is 0 Å². The van der Waals surface area contributed by atoms with E-state index < -0.39 is 6.10 Å². The number of halogens is 1. The van der Waals surface area contributed by atoms with Crippen LogP contribution in [0.5, 0.6) is 0 Å². The van der Waals surface area contributed by atoms with Gasteiger partial charge in [-0.2, -0.15) is 0 Å². The molecule has 4 heteroatoms. The van der Waals surface area contributed by atoms with Gasteiger partial charge in [0.1, 0.15) is 5.83 Å². The minimum Gasteiger partial charge on any atom is -0.388 e. The highest BCUT2D eigenvalue weighted by Gasteiger charge is 2.36. The van der Waals surface area contributed by atoms with Crippen molar-refractivity contribution in [1.29, 1.82) is 0 Å². The molecule has 2 heterocycles. The average Bonchev–Trinajstić information content (AvgIpc) is 3.30. The van der Waals surface area contributed by atoms with Crippen LogP contribution in [-0.4, -0.2) is 29.2 Å². The van der Waals surface area contributed by atoms with E-state index in [1.54, 1.807) is 0 Å². The van der Waals surface area contributed by atoms with E-state index in [1.807, 2.05) is 18.3 Å². The van der Waals surface area contributed by atoms with Crippen LogP contribution in [0.4, 0.5) is 4.39 Å². The van der Waals surface area contributed by atoms with Crippen molar-refractivity contribution in [1.82, 2.24) is 4.90 Å². The number of thiophene rings is 1. The molecule has 1 aromatic rings. The first-order valence-corrected chi connectivity index (χ1v) is 9.56. The Balaban J connectivity index is 1.55. The summed E-state index contributed by atoms with van der Waals surface area (Å²) < 4.78 is 14.8. The molecule has 0 spiro atoms. The predicted molar refractivity (Wildman–Crippen MR) is 92.0 cm³/mol. The van der Waals surface area contributed by atoms with E-state index in [1.165, 1.54) is 10.4 Å². The summed E-state index contributed by atoms with van der Waals surface area (Å²) in [5, 5.41) is 12.7. The van der Waals surface area contributed by atoms with E-state index in [-0.39, 0.29) is 11.7 Å². The SMILES string of the molecule is CC1CC=C(C(O)C2CC2)C(CN2CCc3sccc3C2)=C1F. The Kier molecular flexibility index (Phi) is 4.16. The van der Waals surface area contributed by atoms with Crippen LogP contribution >= 0.6 is 11.3 Å². The lowest BCUT2D eigenvalue weighted by molar-refractivity contribution is 0.183. The lowest BCUT2D eigenvalue weighted by Gasteiger charge is -2.32. The third kappa shape index (κ3) is 3.04. The van der Waals surface area contributed by atoms with Gasteiger partial charge in [0.2, 0.25) is 0 Å². The zero-order valence-electron chi connectivity index (χ0n) is 13.6. The van der Waals surface area contributed by atoms with E-state index in [2.05, 4.69) is 22.4 Å². The van der Waals surface area contributed by atoms with Gasteiger partial charge in [0, 0.05) is 36.0 Å². The highest BCUT2D eigenvalue weighted by Crippen LogP contribution is 2.41. The molecule has 0 radical (unpaired) electrons. The molecule has 0 saturated heterocycles. The Morgan fingerprint density at radius 2 is 2.26 bits per heavy atom. The predicted octanol–water partition coefficient (Wildman–Crippen LogP) is 4.07. The molecule has 2 unspecified atom stereocenters. The second kappa shape index (κ2) is 6.15. The first-order valence-electron chi connectivity index (χ1n) is 8.68. The molecular weight excluding hydrogens is 309 g/mol. The lowest BCUT2D eigenvalue weighted by Crippen LogP contribution is -2.34. The van der Waals surface area contributed by atoms with E-state index in [4.69, 9.17) is 0 Å². The average molecular weight is 333 g/mol. The molecule has 4 rings (SSSR count). The van der Waals surface area contributed by atoms with Crippen molar-refractivity contribution in [2.45, 2.75) is 45.3 Å². The maximum atomic E-state index is 14.8. The lowest BCUT2D eigenvalue weighted by atomic mass is 9.85. The molecule has 0 aromatic carbocycles. The summed E-state index contributed by atoms with van der Waals surface area (Å²) in [4.78, 5) is 3.80. The Morgan fingerprint density at radius 3 is 3.04 bits per heavy atom. The number of hydrogen-bond acceptors (Lipinski definition) is 3. The standard InChI is InChI=1S/C19H24FNOS/c1-12-2-5-15(19(22)13-3-4-13)16(18(12)20)11-21-8-6-17-14(10-21)7-9-23-17/h5,7,9,12-13,19,22H,2-4,6,8,10-11H2,1H3. The summed E-state index contributed by atoms with van der Waals surface area (Å²) in [6.45, 7) is 4.45. The van der Waals surface area contributed by atoms with Crippen LogP contribution in [0.15, 0.2) is 34.5 Å². The van der Waals surface area contributed by atoms with Crippen molar-refractivity contribution in [3.8, 4) is 0 Å². The molecule has 1 N–H and O–H groups in total. The van der Waals surface area contributed by atoms with Crippen molar-refractivity contribution >= 4 is 11.3 Å². The highest BCUT2D eigenvalue weighted by molar-refractivity contribution is 7.10. The molecule has 1 fully saturated rings. The summed E-state index contributed by atoms with van der Waals surface area (Å²) in [7, 11) is 0. The molecule has 3 aliphatic rings. The zero-order valence-corrected chi connectivity index (χ0v) is 14.4.